The van der Waals surface area contributed by atoms with Gasteiger partial charge in [-0.25, -0.2) is 4.98 Å². The van der Waals surface area contributed by atoms with E-state index in [0.29, 0.717) is 6.61 Å². The summed E-state index contributed by atoms with van der Waals surface area (Å²) in [5, 5.41) is 0. The third-order valence-electron chi connectivity index (χ3n) is 4.56. The van der Waals surface area contributed by atoms with Gasteiger partial charge in [0.1, 0.15) is 23.9 Å². The Morgan fingerprint density at radius 2 is 1.57 bits per heavy atom. The maximum Gasteiger partial charge on any atom is 0.148 e. The average Bonchev–Trinajstić information content (AvgIpc) is 3.11. The number of para-hydroxylation sites is 2. The molecule has 1 aromatic heterocycles. The van der Waals surface area contributed by atoms with E-state index in [1.807, 2.05) is 60.7 Å². The van der Waals surface area contributed by atoms with Crippen molar-refractivity contribution in [2.45, 2.75) is 13.2 Å². The van der Waals surface area contributed by atoms with Crippen molar-refractivity contribution in [3.05, 3.63) is 96.3 Å². The molecule has 140 valence electrons. The fourth-order valence-corrected chi connectivity index (χ4v) is 3.12. The van der Waals surface area contributed by atoms with Crippen LogP contribution in [-0.2, 0) is 13.2 Å². The van der Waals surface area contributed by atoms with E-state index in [9.17, 15) is 0 Å². The molecule has 3 aromatic carbocycles. The van der Waals surface area contributed by atoms with E-state index < -0.39 is 0 Å². The fourth-order valence-electron chi connectivity index (χ4n) is 3.12. The van der Waals surface area contributed by atoms with Gasteiger partial charge in [0, 0.05) is 6.54 Å². The molecule has 0 unspecified atom stereocenters. The van der Waals surface area contributed by atoms with Gasteiger partial charge in [0.05, 0.1) is 18.1 Å². The minimum absolute atomic E-state index is 0.403. The summed E-state index contributed by atoms with van der Waals surface area (Å²) in [5.74, 6) is 2.50. The highest BCUT2D eigenvalue weighted by atomic mass is 16.5. The van der Waals surface area contributed by atoms with Crippen LogP contribution in [0.2, 0.25) is 0 Å². The predicted molar refractivity (Wildman–Crippen MR) is 113 cm³/mol. The van der Waals surface area contributed by atoms with E-state index >= 15 is 0 Å². The highest BCUT2D eigenvalue weighted by Gasteiger charge is 2.10. The largest absolute Gasteiger partial charge is 0.497 e. The lowest BCUT2D eigenvalue weighted by Crippen LogP contribution is -2.06. The molecule has 4 heteroatoms. The van der Waals surface area contributed by atoms with E-state index in [2.05, 4.69) is 34.9 Å². The zero-order valence-corrected chi connectivity index (χ0v) is 15.8. The molecule has 0 amide bonds. The molecule has 0 saturated heterocycles. The summed E-state index contributed by atoms with van der Waals surface area (Å²) in [7, 11) is 1.65. The molecule has 0 spiro atoms. The van der Waals surface area contributed by atoms with Gasteiger partial charge in [0.25, 0.3) is 0 Å². The minimum Gasteiger partial charge on any atom is -0.497 e. The second-order valence-corrected chi connectivity index (χ2v) is 6.40. The molecule has 4 rings (SSSR count). The molecule has 0 aliphatic heterocycles. The molecule has 28 heavy (non-hydrogen) atoms. The van der Waals surface area contributed by atoms with Crippen molar-refractivity contribution in [3.8, 4) is 11.5 Å². The van der Waals surface area contributed by atoms with Crippen molar-refractivity contribution in [2.75, 3.05) is 7.11 Å². The van der Waals surface area contributed by atoms with Crippen LogP contribution >= 0.6 is 0 Å². The predicted octanol–water partition coefficient (Wildman–Crippen LogP) is 5.34. The Morgan fingerprint density at radius 3 is 2.36 bits per heavy atom. The third kappa shape index (κ3) is 4.07. The number of hydrogen-bond acceptors (Lipinski definition) is 3. The van der Waals surface area contributed by atoms with Crippen LogP contribution in [0, 0.1) is 0 Å². The maximum atomic E-state index is 5.96. The molecule has 0 fully saturated rings. The van der Waals surface area contributed by atoms with E-state index in [1.54, 1.807) is 7.11 Å². The first kappa shape index (κ1) is 17.9. The SMILES string of the molecule is COc1ccc(OCc2nc3ccccc3n2C/C=C\c2ccccc2)cc1. The Hall–Kier alpha value is -3.53. The van der Waals surface area contributed by atoms with Crippen LogP contribution in [0.5, 0.6) is 11.5 Å². The lowest BCUT2D eigenvalue weighted by Gasteiger charge is -2.09. The zero-order valence-electron chi connectivity index (χ0n) is 15.8. The molecule has 0 aliphatic rings. The van der Waals surface area contributed by atoms with Crippen LogP contribution in [0.15, 0.2) is 84.9 Å². The highest BCUT2D eigenvalue weighted by molar-refractivity contribution is 5.76. The van der Waals surface area contributed by atoms with E-state index in [0.717, 1.165) is 34.9 Å². The van der Waals surface area contributed by atoms with Crippen LogP contribution in [0.3, 0.4) is 0 Å². The molecule has 0 N–H and O–H groups in total. The Bertz CT molecular complexity index is 1070. The van der Waals surface area contributed by atoms with Crippen molar-refractivity contribution in [2.24, 2.45) is 0 Å². The summed E-state index contributed by atoms with van der Waals surface area (Å²) in [6.45, 7) is 1.14. The first-order valence-corrected chi connectivity index (χ1v) is 9.26. The molecule has 0 aliphatic carbocycles. The van der Waals surface area contributed by atoms with Gasteiger partial charge in [-0.3, -0.25) is 0 Å². The summed E-state index contributed by atoms with van der Waals surface area (Å²) in [6.07, 6.45) is 4.28. The molecule has 0 bridgehead atoms. The number of methoxy groups -OCH3 is 1. The third-order valence-corrected chi connectivity index (χ3v) is 4.56. The summed E-state index contributed by atoms with van der Waals surface area (Å²) in [4.78, 5) is 4.77. The Kier molecular flexibility index (Phi) is 5.38. The summed E-state index contributed by atoms with van der Waals surface area (Å²) in [6, 6.07) is 26.1. The summed E-state index contributed by atoms with van der Waals surface area (Å²) in [5.41, 5.74) is 3.26. The van der Waals surface area contributed by atoms with Crippen molar-refractivity contribution in [3.63, 3.8) is 0 Å². The Labute approximate surface area is 164 Å². The number of rotatable bonds is 7. The van der Waals surface area contributed by atoms with Crippen LogP contribution in [0.4, 0.5) is 0 Å². The Balaban J connectivity index is 1.55. The molecular formula is C24H22N2O2. The van der Waals surface area contributed by atoms with Gasteiger partial charge in [-0.1, -0.05) is 54.6 Å². The number of aromatic nitrogens is 2. The average molecular weight is 370 g/mol. The number of allylic oxidation sites excluding steroid dienone is 1. The number of imidazole rings is 1. The smallest absolute Gasteiger partial charge is 0.148 e. The van der Waals surface area contributed by atoms with E-state index in [4.69, 9.17) is 14.5 Å². The molecular weight excluding hydrogens is 348 g/mol. The van der Waals surface area contributed by atoms with E-state index in [-0.39, 0.29) is 0 Å². The van der Waals surface area contributed by atoms with Crippen LogP contribution < -0.4 is 9.47 Å². The number of nitrogens with zero attached hydrogens (tertiary/aromatic N) is 2. The molecule has 0 radical (unpaired) electrons. The monoisotopic (exact) mass is 370 g/mol. The number of ether oxygens (including phenoxy) is 2. The van der Waals surface area contributed by atoms with Crippen LogP contribution in [0.1, 0.15) is 11.4 Å². The van der Waals surface area contributed by atoms with Crippen molar-refractivity contribution >= 4 is 17.1 Å². The van der Waals surface area contributed by atoms with Gasteiger partial charge in [-0.2, -0.15) is 0 Å². The van der Waals surface area contributed by atoms with Crippen molar-refractivity contribution in [1.29, 1.82) is 0 Å². The molecule has 4 nitrogen and oxygen atoms in total. The molecule has 0 saturated carbocycles. The summed E-state index contributed by atoms with van der Waals surface area (Å²) >= 11 is 0. The molecule has 0 atom stereocenters. The highest BCUT2D eigenvalue weighted by Crippen LogP contribution is 2.21. The second kappa shape index (κ2) is 8.44. The fraction of sp³-hybridized carbons (Fsp3) is 0.125. The lowest BCUT2D eigenvalue weighted by atomic mass is 10.2. The van der Waals surface area contributed by atoms with Gasteiger partial charge >= 0.3 is 0 Å². The van der Waals surface area contributed by atoms with Crippen LogP contribution in [0.25, 0.3) is 17.1 Å². The Morgan fingerprint density at radius 1 is 0.857 bits per heavy atom. The molecule has 1 heterocycles. The molecule has 4 aromatic rings. The number of fused-ring (bicyclic) bond motifs is 1. The maximum absolute atomic E-state index is 5.96. The number of benzene rings is 3. The van der Waals surface area contributed by atoms with Gasteiger partial charge in [-0.15, -0.1) is 0 Å². The lowest BCUT2D eigenvalue weighted by molar-refractivity contribution is 0.291. The first-order valence-electron chi connectivity index (χ1n) is 9.26. The van der Waals surface area contributed by atoms with Crippen molar-refractivity contribution in [1.82, 2.24) is 9.55 Å². The van der Waals surface area contributed by atoms with Gasteiger partial charge in [0.15, 0.2) is 0 Å². The van der Waals surface area contributed by atoms with Gasteiger partial charge in [0.2, 0.25) is 0 Å². The van der Waals surface area contributed by atoms with Crippen LogP contribution in [-0.4, -0.2) is 16.7 Å². The van der Waals surface area contributed by atoms with Crippen molar-refractivity contribution < 1.29 is 9.47 Å². The summed E-state index contributed by atoms with van der Waals surface area (Å²) < 4.78 is 13.3. The van der Waals surface area contributed by atoms with Gasteiger partial charge < -0.3 is 14.0 Å². The van der Waals surface area contributed by atoms with E-state index in [1.165, 1.54) is 5.56 Å². The quantitative estimate of drug-likeness (QED) is 0.441. The van der Waals surface area contributed by atoms with Gasteiger partial charge in [-0.05, 0) is 42.0 Å². The standard InChI is InChI=1S/C24H22N2O2/c1-27-20-13-15-21(16-14-20)28-18-24-25-22-11-5-6-12-23(22)26(24)17-7-10-19-8-3-2-4-9-19/h2-16H,17-18H2,1H3/b10-7-. The normalized spacial score (nSPS) is 11.2. The second-order valence-electron chi connectivity index (χ2n) is 6.40. The minimum atomic E-state index is 0.403. The number of hydrogen-bond donors (Lipinski definition) is 0. The zero-order chi connectivity index (χ0) is 19.2. The topological polar surface area (TPSA) is 36.3 Å². The first-order chi connectivity index (χ1) is 13.8.